The number of rotatable bonds is 4. The number of aromatic carboxylic acids is 1. The molecule has 0 radical (unpaired) electrons. The molecule has 3 aromatic rings. The monoisotopic (exact) mass is 504 g/mol. The summed E-state index contributed by atoms with van der Waals surface area (Å²) in [5, 5.41) is 11.9. The standard InChI is InChI=1S/C22H11Cl3N2O6/c23-15-4-1-10(21(30)31)7-13(15)18-6-3-12(33-18)9-14-19(28)26-22(32)27(20(14)29)11-2-5-16(24)17(25)8-11/h1-9H,(H,30,31)(H,26,28,32)/b14-9+. The van der Waals surface area contributed by atoms with Gasteiger partial charge in [0, 0.05) is 5.56 Å². The topological polar surface area (TPSA) is 117 Å². The van der Waals surface area contributed by atoms with Crippen LogP contribution in [0.15, 0.2) is 58.5 Å². The van der Waals surface area contributed by atoms with Crippen LogP contribution in [0.4, 0.5) is 10.5 Å². The van der Waals surface area contributed by atoms with Gasteiger partial charge in [-0.05, 0) is 54.6 Å². The number of halogens is 3. The second kappa shape index (κ2) is 8.74. The predicted octanol–water partition coefficient (Wildman–Crippen LogP) is 5.27. The van der Waals surface area contributed by atoms with E-state index in [0.717, 1.165) is 11.0 Å². The van der Waals surface area contributed by atoms with Crippen molar-refractivity contribution in [2.24, 2.45) is 0 Å². The molecule has 1 saturated heterocycles. The van der Waals surface area contributed by atoms with Crippen LogP contribution >= 0.6 is 34.8 Å². The predicted molar refractivity (Wildman–Crippen MR) is 122 cm³/mol. The summed E-state index contributed by atoms with van der Waals surface area (Å²) in [5.41, 5.74) is 0.0613. The number of nitrogens with one attached hydrogen (secondary N) is 1. The maximum Gasteiger partial charge on any atom is 0.335 e. The third-order valence-corrected chi connectivity index (χ3v) is 5.72. The van der Waals surface area contributed by atoms with Crippen LogP contribution in [0.5, 0.6) is 0 Å². The Hall–Kier alpha value is -3.59. The van der Waals surface area contributed by atoms with Gasteiger partial charge in [-0.1, -0.05) is 34.8 Å². The normalized spacial score (nSPS) is 15.2. The SMILES string of the molecule is O=C1NC(=O)N(c2ccc(Cl)c(Cl)c2)C(=O)/C1=C/c1ccc(-c2cc(C(=O)O)ccc2Cl)o1. The fourth-order valence-corrected chi connectivity index (χ4v) is 3.58. The molecule has 0 saturated carbocycles. The molecule has 0 spiro atoms. The van der Waals surface area contributed by atoms with E-state index < -0.39 is 23.8 Å². The highest BCUT2D eigenvalue weighted by Gasteiger charge is 2.37. The molecule has 33 heavy (non-hydrogen) atoms. The summed E-state index contributed by atoms with van der Waals surface area (Å²) in [4.78, 5) is 49.6. The van der Waals surface area contributed by atoms with Crippen LogP contribution in [0.3, 0.4) is 0 Å². The average Bonchev–Trinajstić information content (AvgIpc) is 3.22. The molecule has 8 nitrogen and oxygen atoms in total. The van der Waals surface area contributed by atoms with Gasteiger partial charge in [0.25, 0.3) is 11.8 Å². The van der Waals surface area contributed by atoms with E-state index in [4.69, 9.17) is 39.2 Å². The maximum absolute atomic E-state index is 13.0. The summed E-state index contributed by atoms with van der Waals surface area (Å²) in [5.74, 6) is -2.63. The fourth-order valence-electron chi connectivity index (χ4n) is 3.08. The third-order valence-electron chi connectivity index (χ3n) is 4.66. The van der Waals surface area contributed by atoms with E-state index in [1.165, 1.54) is 48.5 Å². The molecule has 11 heteroatoms. The van der Waals surface area contributed by atoms with Crippen molar-refractivity contribution in [3.63, 3.8) is 0 Å². The Labute approximate surface area is 200 Å². The molecule has 0 aliphatic carbocycles. The van der Waals surface area contributed by atoms with Gasteiger partial charge < -0.3 is 9.52 Å². The highest BCUT2D eigenvalue weighted by atomic mass is 35.5. The summed E-state index contributed by atoms with van der Waals surface area (Å²) < 4.78 is 5.66. The minimum absolute atomic E-state index is 0.00307. The summed E-state index contributed by atoms with van der Waals surface area (Å²) >= 11 is 18.0. The maximum atomic E-state index is 13.0. The fraction of sp³-hybridized carbons (Fsp3) is 0. The molecular weight excluding hydrogens is 495 g/mol. The molecule has 0 unspecified atom stereocenters. The van der Waals surface area contributed by atoms with Gasteiger partial charge >= 0.3 is 12.0 Å². The van der Waals surface area contributed by atoms with Crippen molar-refractivity contribution in [3.8, 4) is 11.3 Å². The van der Waals surface area contributed by atoms with E-state index >= 15 is 0 Å². The Morgan fingerprint density at radius 2 is 1.67 bits per heavy atom. The van der Waals surface area contributed by atoms with Crippen LogP contribution < -0.4 is 10.2 Å². The van der Waals surface area contributed by atoms with Gasteiger partial charge in [-0.15, -0.1) is 0 Å². The number of hydrogen-bond donors (Lipinski definition) is 2. The summed E-state index contributed by atoms with van der Waals surface area (Å²) in [7, 11) is 0. The van der Waals surface area contributed by atoms with Crippen molar-refractivity contribution >= 4 is 70.4 Å². The smallest absolute Gasteiger partial charge is 0.335 e. The molecule has 1 aromatic heterocycles. The lowest BCUT2D eigenvalue weighted by atomic mass is 10.1. The number of urea groups is 1. The third kappa shape index (κ3) is 4.36. The quantitative estimate of drug-likeness (QED) is 0.368. The van der Waals surface area contributed by atoms with Crippen molar-refractivity contribution in [1.29, 1.82) is 0 Å². The van der Waals surface area contributed by atoms with Gasteiger partial charge in [-0.3, -0.25) is 14.9 Å². The number of anilines is 1. The minimum Gasteiger partial charge on any atom is -0.478 e. The van der Waals surface area contributed by atoms with E-state index in [0.29, 0.717) is 5.56 Å². The number of furan rings is 1. The molecule has 1 fully saturated rings. The molecule has 4 amide bonds. The second-order valence-electron chi connectivity index (χ2n) is 6.76. The van der Waals surface area contributed by atoms with Gasteiger partial charge in [0.2, 0.25) is 0 Å². The molecule has 1 aliphatic heterocycles. The van der Waals surface area contributed by atoms with Gasteiger partial charge in [-0.2, -0.15) is 0 Å². The van der Waals surface area contributed by atoms with Crippen molar-refractivity contribution in [2.45, 2.75) is 0 Å². The number of nitrogens with zero attached hydrogens (tertiary/aromatic N) is 1. The van der Waals surface area contributed by atoms with E-state index in [1.54, 1.807) is 0 Å². The van der Waals surface area contributed by atoms with Crippen LogP contribution in [-0.4, -0.2) is 28.9 Å². The van der Waals surface area contributed by atoms with Gasteiger partial charge in [0.05, 0.1) is 26.3 Å². The average molecular weight is 506 g/mol. The Morgan fingerprint density at radius 1 is 0.939 bits per heavy atom. The van der Waals surface area contributed by atoms with Crippen molar-refractivity contribution < 1.29 is 28.7 Å². The second-order valence-corrected chi connectivity index (χ2v) is 7.98. The van der Waals surface area contributed by atoms with E-state index in [-0.39, 0.29) is 43.4 Å². The van der Waals surface area contributed by atoms with E-state index in [2.05, 4.69) is 5.32 Å². The van der Waals surface area contributed by atoms with Gasteiger partial charge in [-0.25, -0.2) is 14.5 Å². The highest BCUT2D eigenvalue weighted by molar-refractivity contribution is 6.43. The molecule has 0 atom stereocenters. The highest BCUT2D eigenvalue weighted by Crippen LogP contribution is 2.32. The lowest BCUT2D eigenvalue weighted by molar-refractivity contribution is -0.122. The number of benzene rings is 2. The number of carboxylic acids is 1. The van der Waals surface area contributed by atoms with E-state index in [1.807, 2.05) is 0 Å². The summed E-state index contributed by atoms with van der Waals surface area (Å²) in [6.45, 7) is 0. The number of carboxylic acid groups (broad SMARTS) is 1. The van der Waals surface area contributed by atoms with Crippen molar-refractivity contribution in [1.82, 2.24) is 5.32 Å². The molecule has 2 N–H and O–H groups in total. The summed E-state index contributed by atoms with van der Waals surface area (Å²) in [6.07, 6.45) is 1.16. The Kier molecular flexibility index (Phi) is 5.99. The van der Waals surface area contributed by atoms with Gasteiger partial charge in [0.15, 0.2) is 0 Å². The van der Waals surface area contributed by atoms with Crippen LogP contribution in [0, 0.1) is 0 Å². The first kappa shape index (κ1) is 22.6. The molecule has 0 bridgehead atoms. The lowest BCUT2D eigenvalue weighted by Crippen LogP contribution is -2.54. The Bertz CT molecular complexity index is 1380. The van der Waals surface area contributed by atoms with E-state index in [9.17, 15) is 24.3 Å². The zero-order valence-electron chi connectivity index (χ0n) is 16.3. The first-order chi connectivity index (χ1) is 15.7. The van der Waals surface area contributed by atoms with Crippen LogP contribution in [0.25, 0.3) is 17.4 Å². The van der Waals surface area contributed by atoms with Crippen LogP contribution in [0.1, 0.15) is 16.1 Å². The molecule has 1 aliphatic rings. The number of imide groups is 2. The zero-order chi connectivity index (χ0) is 23.9. The van der Waals surface area contributed by atoms with Crippen LogP contribution in [0.2, 0.25) is 15.1 Å². The number of barbiturate groups is 1. The Morgan fingerprint density at radius 3 is 2.36 bits per heavy atom. The van der Waals surface area contributed by atoms with Crippen molar-refractivity contribution in [3.05, 3.63) is 80.5 Å². The number of carbonyl (C=O) groups excluding carboxylic acids is 3. The number of amides is 4. The van der Waals surface area contributed by atoms with Crippen molar-refractivity contribution in [2.75, 3.05) is 4.90 Å². The van der Waals surface area contributed by atoms with Crippen LogP contribution in [-0.2, 0) is 9.59 Å². The molecule has 2 heterocycles. The Balaban J connectivity index is 1.70. The zero-order valence-corrected chi connectivity index (χ0v) is 18.5. The first-order valence-corrected chi connectivity index (χ1v) is 10.3. The first-order valence-electron chi connectivity index (χ1n) is 9.15. The summed E-state index contributed by atoms with van der Waals surface area (Å²) in [6, 6.07) is 10.3. The molecule has 166 valence electrons. The minimum atomic E-state index is -1.14. The largest absolute Gasteiger partial charge is 0.478 e. The molecule has 4 rings (SSSR count). The number of carbonyl (C=O) groups is 4. The lowest BCUT2D eigenvalue weighted by Gasteiger charge is -2.26. The van der Waals surface area contributed by atoms with Gasteiger partial charge in [0.1, 0.15) is 17.1 Å². The number of hydrogen-bond acceptors (Lipinski definition) is 5. The molecular formula is C22H11Cl3N2O6. The molecule has 2 aromatic carbocycles.